The van der Waals surface area contributed by atoms with Gasteiger partial charge in [-0.25, -0.2) is 4.79 Å². The number of hydrogen-bond acceptors (Lipinski definition) is 4. The molecule has 2 aromatic rings. The van der Waals surface area contributed by atoms with E-state index in [1.807, 2.05) is 0 Å². The smallest absolute Gasteiger partial charge is 0.337 e. The van der Waals surface area contributed by atoms with Crippen molar-refractivity contribution in [1.82, 2.24) is 9.88 Å². The molecular formula is C22H29ClN2O3. The molecule has 6 heteroatoms. The molecule has 1 saturated heterocycles. The predicted molar refractivity (Wildman–Crippen MR) is 113 cm³/mol. The summed E-state index contributed by atoms with van der Waals surface area (Å²) in [5.74, 6) is 0.287. The lowest BCUT2D eigenvalue weighted by Crippen LogP contribution is -2.47. The van der Waals surface area contributed by atoms with E-state index in [-0.39, 0.29) is 24.3 Å². The number of fused-ring (bicyclic) bond motifs is 5. The van der Waals surface area contributed by atoms with Crippen molar-refractivity contribution in [2.75, 3.05) is 27.3 Å². The molecule has 0 amide bonds. The van der Waals surface area contributed by atoms with Crippen LogP contribution in [0.2, 0.25) is 0 Å². The van der Waals surface area contributed by atoms with Gasteiger partial charge in [0, 0.05) is 29.7 Å². The van der Waals surface area contributed by atoms with Crippen molar-refractivity contribution < 1.29 is 14.3 Å². The molecule has 0 aliphatic carbocycles. The van der Waals surface area contributed by atoms with E-state index < -0.39 is 0 Å². The lowest BCUT2D eigenvalue weighted by atomic mass is 9.74. The Morgan fingerprint density at radius 1 is 1.32 bits per heavy atom. The number of carbonyl (C=O) groups excluding carboxylic acids is 1. The Bertz CT molecular complexity index is 876. The third-order valence-corrected chi connectivity index (χ3v) is 6.37. The van der Waals surface area contributed by atoms with Crippen LogP contribution in [0.3, 0.4) is 0 Å². The van der Waals surface area contributed by atoms with Crippen LogP contribution in [-0.2, 0) is 20.7 Å². The molecule has 1 aromatic carbocycles. The Hall–Kier alpha value is -1.98. The maximum atomic E-state index is 12.4. The van der Waals surface area contributed by atoms with Gasteiger partial charge >= 0.3 is 5.97 Å². The Morgan fingerprint density at radius 2 is 2.11 bits per heavy atom. The predicted octanol–water partition coefficient (Wildman–Crippen LogP) is 4.24. The van der Waals surface area contributed by atoms with Crippen LogP contribution in [0.15, 0.2) is 36.1 Å². The van der Waals surface area contributed by atoms with Crippen LogP contribution in [-0.4, -0.2) is 43.2 Å². The highest BCUT2D eigenvalue weighted by Gasteiger charge is 2.42. The number of rotatable bonds is 4. The van der Waals surface area contributed by atoms with Crippen molar-refractivity contribution in [2.45, 2.75) is 32.2 Å². The molecule has 5 nitrogen and oxygen atoms in total. The molecule has 0 saturated carbocycles. The van der Waals surface area contributed by atoms with Gasteiger partial charge in [-0.3, -0.25) is 4.90 Å². The molecule has 2 aliphatic heterocycles. The quantitative estimate of drug-likeness (QED) is 0.470. The lowest BCUT2D eigenvalue weighted by molar-refractivity contribution is -0.137. The molecule has 3 heterocycles. The fourth-order valence-corrected chi connectivity index (χ4v) is 5.04. The van der Waals surface area contributed by atoms with E-state index >= 15 is 0 Å². The highest BCUT2D eigenvalue weighted by Crippen LogP contribution is 2.45. The summed E-state index contributed by atoms with van der Waals surface area (Å²) in [6, 6.07) is 8.85. The third kappa shape index (κ3) is 3.42. The number of H-pyrrole nitrogens is 1. The molecule has 1 fully saturated rings. The molecule has 28 heavy (non-hydrogen) atoms. The van der Waals surface area contributed by atoms with Gasteiger partial charge < -0.3 is 14.5 Å². The molecule has 3 atom stereocenters. The Labute approximate surface area is 172 Å². The summed E-state index contributed by atoms with van der Waals surface area (Å²) in [6.45, 7) is 4.28. The van der Waals surface area contributed by atoms with Crippen molar-refractivity contribution in [2.24, 2.45) is 11.8 Å². The largest absolute Gasteiger partial charge is 0.504 e. The number of benzene rings is 1. The first-order chi connectivity index (χ1) is 13.2. The SMILES string of the molecule is CC[C@@H]1CN2CCc3c([nH]c4ccccc34)C2C[C@H]1/C(=C/OC)C(=O)OC.Cl. The maximum absolute atomic E-state index is 12.4. The zero-order valence-electron chi connectivity index (χ0n) is 16.7. The Kier molecular flexibility index (Phi) is 6.36. The van der Waals surface area contributed by atoms with E-state index in [9.17, 15) is 4.79 Å². The lowest BCUT2D eigenvalue weighted by Gasteiger charge is -2.46. The number of methoxy groups -OCH3 is 2. The van der Waals surface area contributed by atoms with Crippen LogP contribution in [0.1, 0.15) is 37.1 Å². The van der Waals surface area contributed by atoms with Gasteiger partial charge in [0.25, 0.3) is 0 Å². The number of esters is 1. The first-order valence-electron chi connectivity index (χ1n) is 9.82. The summed E-state index contributed by atoms with van der Waals surface area (Å²) < 4.78 is 10.3. The minimum Gasteiger partial charge on any atom is -0.504 e. The summed E-state index contributed by atoms with van der Waals surface area (Å²) in [6.07, 6.45) is 4.60. The minimum atomic E-state index is -0.276. The van der Waals surface area contributed by atoms with E-state index in [0.29, 0.717) is 17.5 Å². The molecule has 0 bridgehead atoms. The van der Waals surface area contributed by atoms with E-state index in [1.165, 1.54) is 29.3 Å². The molecular weight excluding hydrogens is 376 g/mol. The van der Waals surface area contributed by atoms with Crippen LogP contribution in [0.25, 0.3) is 10.9 Å². The first-order valence-corrected chi connectivity index (χ1v) is 9.82. The van der Waals surface area contributed by atoms with E-state index in [2.05, 4.69) is 41.1 Å². The van der Waals surface area contributed by atoms with Crippen molar-refractivity contribution in [1.29, 1.82) is 0 Å². The van der Waals surface area contributed by atoms with Crippen LogP contribution in [0.4, 0.5) is 0 Å². The molecule has 0 spiro atoms. The van der Waals surface area contributed by atoms with Gasteiger partial charge in [0.1, 0.15) is 0 Å². The zero-order chi connectivity index (χ0) is 19.0. The highest BCUT2D eigenvalue weighted by molar-refractivity contribution is 5.89. The molecule has 2 aliphatic rings. The summed E-state index contributed by atoms with van der Waals surface area (Å²) in [5.41, 5.74) is 4.63. The number of hydrogen-bond donors (Lipinski definition) is 1. The normalized spacial score (nSPS) is 24.8. The monoisotopic (exact) mass is 404 g/mol. The summed E-state index contributed by atoms with van der Waals surface area (Å²) in [5, 5.41) is 1.34. The number of piperidine rings is 1. The van der Waals surface area contributed by atoms with Crippen molar-refractivity contribution in [3.63, 3.8) is 0 Å². The van der Waals surface area contributed by atoms with Crippen LogP contribution >= 0.6 is 12.4 Å². The molecule has 4 rings (SSSR count). The van der Waals surface area contributed by atoms with Crippen molar-refractivity contribution in [3.05, 3.63) is 47.4 Å². The molecule has 0 radical (unpaired) electrons. The second-order valence-electron chi connectivity index (χ2n) is 7.63. The van der Waals surface area contributed by atoms with Gasteiger partial charge in [-0.05, 0) is 36.3 Å². The van der Waals surface area contributed by atoms with E-state index in [4.69, 9.17) is 9.47 Å². The fourth-order valence-electron chi connectivity index (χ4n) is 5.04. The number of ether oxygens (including phenoxy) is 2. The highest BCUT2D eigenvalue weighted by atomic mass is 35.5. The molecule has 152 valence electrons. The number of halogens is 1. The number of aromatic amines is 1. The fraction of sp³-hybridized carbons (Fsp3) is 0.500. The zero-order valence-corrected chi connectivity index (χ0v) is 17.6. The molecule has 1 aromatic heterocycles. The van der Waals surface area contributed by atoms with Gasteiger partial charge in [0.15, 0.2) is 0 Å². The summed E-state index contributed by atoms with van der Waals surface area (Å²) in [7, 11) is 3.04. The summed E-state index contributed by atoms with van der Waals surface area (Å²) in [4.78, 5) is 18.7. The van der Waals surface area contributed by atoms with Gasteiger partial charge in [-0.1, -0.05) is 31.5 Å². The molecule has 1 unspecified atom stereocenters. The van der Waals surface area contributed by atoms with Crippen LogP contribution in [0.5, 0.6) is 0 Å². The second kappa shape index (κ2) is 8.58. The van der Waals surface area contributed by atoms with Crippen LogP contribution < -0.4 is 0 Å². The third-order valence-electron chi connectivity index (χ3n) is 6.37. The van der Waals surface area contributed by atoms with E-state index in [0.717, 1.165) is 32.4 Å². The number of para-hydroxylation sites is 1. The van der Waals surface area contributed by atoms with E-state index in [1.54, 1.807) is 13.4 Å². The number of nitrogens with one attached hydrogen (secondary N) is 1. The Morgan fingerprint density at radius 3 is 2.82 bits per heavy atom. The van der Waals surface area contributed by atoms with Gasteiger partial charge in [-0.15, -0.1) is 12.4 Å². The Balaban J connectivity index is 0.00000225. The van der Waals surface area contributed by atoms with Crippen molar-refractivity contribution in [3.8, 4) is 0 Å². The van der Waals surface area contributed by atoms with Crippen molar-refractivity contribution >= 4 is 29.3 Å². The topological polar surface area (TPSA) is 54.6 Å². The molecule has 1 N–H and O–H groups in total. The van der Waals surface area contributed by atoms with Crippen LogP contribution in [0, 0.1) is 11.8 Å². The number of aromatic nitrogens is 1. The average Bonchev–Trinajstić information content (AvgIpc) is 3.09. The second-order valence-corrected chi connectivity index (χ2v) is 7.63. The first kappa shape index (κ1) is 20.7. The number of nitrogens with zero attached hydrogens (tertiary/aromatic N) is 1. The minimum absolute atomic E-state index is 0. The standard InChI is InChI=1S/C22H28N2O3.ClH/c1-4-14-12-24-10-9-16-15-7-5-6-8-19(15)23-21(16)20(24)11-17(14)18(13-26-2)22(25)27-3;/h5-8,13-14,17,20,23H,4,9-12H2,1-3H3;1H/b18-13-;/t14-,17-,20?;/m1./s1. The maximum Gasteiger partial charge on any atom is 0.337 e. The summed E-state index contributed by atoms with van der Waals surface area (Å²) >= 11 is 0. The average molecular weight is 405 g/mol. The number of carbonyl (C=O) groups is 1. The van der Waals surface area contributed by atoms with Gasteiger partial charge in [-0.2, -0.15) is 0 Å². The van der Waals surface area contributed by atoms with Gasteiger partial charge in [0.2, 0.25) is 0 Å². The van der Waals surface area contributed by atoms with Gasteiger partial charge in [0.05, 0.1) is 32.1 Å².